The van der Waals surface area contributed by atoms with E-state index in [1.54, 1.807) is 6.07 Å². The lowest BCUT2D eigenvalue weighted by atomic mass is 10.0. The number of carbonyl (C=O) groups is 1. The first-order chi connectivity index (χ1) is 12.1. The summed E-state index contributed by atoms with van der Waals surface area (Å²) < 4.78 is 5.56. The Bertz CT molecular complexity index is 711. The van der Waals surface area contributed by atoms with Gasteiger partial charge in [0.15, 0.2) is 0 Å². The van der Waals surface area contributed by atoms with Gasteiger partial charge in [-0.2, -0.15) is 0 Å². The molecule has 132 valence electrons. The van der Waals surface area contributed by atoms with Crippen molar-refractivity contribution in [2.45, 2.75) is 32.2 Å². The first-order valence-electron chi connectivity index (χ1n) is 8.62. The summed E-state index contributed by atoms with van der Waals surface area (Å²) in [4.78, 5) is 12.2. The van der Waals surface area contributed by atoms with Gasteiger partial charge in [0.25, 0.3) is 0 Å². The number of para-hydroxylation sites is 1. The Morgan fingerprint density at radius 1 is 1.08 bits per heavy atom. The average molecular weight is 338 g/mol. The highest BCUT2D eigenvalue weighted by Gasteiger charge is 2.17. The molecule has 25 heavy (non-hydrogen) atoms. The molecule has 0 fully saturated rings. The summed E-state index contributed by atoms with van der Waals surface area (Å²) in [6.07, 6.45) is 4.32. The van der Waals surface area contributed by atoms with Crippen molar-refractivity contribution in [2.75, 3.05) is 6.54 Å². The van der Waals surface area contributed by atoms with Crippen LogP contribution in [0.3, 0.4) is 0 Å². The number of nitrogens with two attached hydrogens (primary N) is 2. The van der Waals surface area contributed by atoms with Crippen LogP contribution in [0, 0.1) is 0 Å². The predicted octanol–water partition coefficient (Wildman–Crippen LogP) is 3.61. The third-order valence-electron chi connectivity index (χ3n) is 3.98. The monoisotopic (exact) mass is 338 g/mol. The Morgan fingerprint density at radius 2 is 1.76 bits per heavy atom. The molecule has 0 saturated carbocycles. The van der Waals surface area contributed by atoms with Crippen LogP contribution in [-0.2, 0) is 4.79 Å². The number of esters is 1. The summed E-state index contributed by atoms with van der Waals surface area (Å²) in [6, 6.07) is 16.9. The van der Waals surface area contributed by atoms with Crippen LogP contribution < -0.4 is 16.2 Å². The van der Waals surface area contributed by atoms with Crippen LogP contribution in [0.15, 0.2) is 54.6 Å². The van der Waals surface area contributed by atoms with Crippen LogP contribution in [0.2, 0.25) is 0 Å². The SMILES string of the molecule is CC(=Cc1ccccc1)c1ccccc1OC(=O)[C@@H](N)CCCCN. The summed E-state index contributed by atoms with van der Waals surface area (Å²) in [5, 5.41) is 0. The van der Waals surface area contributed by atoms with Gasteiger partial charge in [-0.3, -0.25) is 0 Å². The Kier molecular flexibility index (Phi) is 7.38. The molecule has 0 bridgehead atoms. The quantitative estimate of drug-likeness (QED) is 0.333. The molecule has 0 heterocycles. The molecule has 1 atom stereocenters. The van der Waals surface area contributed by atoms with Crippen molar-refractivity contribution in [3.05, 3.63) is 65.7 Å². The number of allylic oxidation sites excluding steroid dienone is 1. The maximum absolute atomic E-state index is 12.2. The number of unbranched alkanes of at least 4 members (excludes halogenated alkanes) is 1. The molecule has 0 aliphatic rings. The van der Waals surface area contributed by atoms with Crippen LogP contribution in [0.5, 0.6) is 5.75 Å². The number of hydrogen-bond acceptors (Lipinski definition) is 4. The van der Waals surface area contributed by atoms with E-state index in [2.05, 4.69) is 6.08 Å². The zero-order valence-electron chi connectivity index (χ0n) is 14.7. The Balaban J connectivity index is 2.12. The Labute approximate surface area is 149 Å². The molecule has 0 unspecified atom stereocenters. The highest BCUT2D eigenvalue weighted by atomic mass is 16.5. The molecule has 0 aromatic heterocycles. The molecule has 4 nitrogen and oxygen atoms in total. The van der Waals surface area contributed by atoms with Crippen molar-refractivity contribution in [1.82, 2.24) is 0 Å². The number of hydrogen-bond donors (Lipinski definition) is 2. The summed E-state index contributed by atoms with van der Waals surface area (Å²) in [5.74, 6) is 0.128. The zero-order chi connectivity index (χ0) is 18.1. The lowest BCUT2D eigenvalue weighted by Gasteiger charge is -2.14. The maximum Gasteiger partial charge on any atom is 0.328 e. The normalized spacial score (nSPS) is 12.7. The molecule has 0 radical (unpaired) electrons. The first-order valence-corrected chi connectivity index (χ1v) is 8.62. The van der Waals surface area contributed by atoms with Gasteiger partial charge >= 0.3 is 5.97 Å². The summed E-state index contributed by atoms with van der Waals surface area (Å²) in [5.41, 5.74) is 14.4. The van der Waals surface area contributed by atoms with Gasteiger partial charge < -0.3 is 16.2 Å². The molecule has 4 N–H and O–H groups in total. The first kappa shape index (κ1) is 18.9. The van der Waals surface area contributed by atoms with Crippen molar-refractivity contribution in [2.24, 2.45) is 11.5 Å². The minimum absolute atomic E-state index is 0.406. The highest BCUT2D eigenvalue weighted by molar-refractivity contribution is 5.85. The van der Waals surface area contributed by atoms with Gasteiger partial charge in [0.05, 0.1) is 0 Å². The Hall–Kier alpha value is -2.43. The van der Waals surface area contributed by atoms with Crippen molar-refractivity contribution in [1.29, 1.82) is 0 Å². The standard InChI is InChI=1S/C21H26N2O2/c1-16(15-17-9-3-2-4-10-17)18-11-5-6-13-20(18)25-21(24)19(23)12-7-8-14-22/h2-6,9-11,13,15,19H,7-8,12,14,22-23H2,1H3/t19-/m0/s1. The van der Waals surface area contributed by atoms with E-state index < -0.39 is 12.0 Å². The molecular formula is C21H26N2O2. The van der Waals surface area contributed by atoms with Gasteiger partial charge in [-0.25, -0.2) is 4.79 Å². The van der Waals surface area contributed by atoms with Crippen LogP contribution in [0.25, 0.3) is 11.6 Å². The minimum Gasteiger partial charge on any atom is -0.425 e. The van der Waals surface area contributed by atoms with Gasteiger partial charge in [-0.15, -0.1) is 0 Å². The predicted molar refractivity (Wildman–Crippen MR) is 103 cm³/mol. The maximum atomic E-state index is 12.2. The lowest BCUT2D eigenvalue weighted by molar-refractivity contribution is -0.136. The van der Waals surface area contributed by atoms with Crippen molar-refractivity contribution in [3.8, 4) is 5.75 Å². The van der Waals surface area contributed by atoms with Gasteiger partial charge in [-0.1, -0.05) is 61.0 Å². The van der Waals surface area contributed by atoms with E-state index in [0.29, 0.717) is 18.7 Å². The van der Waals surface area contributed by atoms with Gasteiger partial charge in [0.1, 0.15) is 11.8 Å². The van der Waals surface area contributed by atoms with E-state index in [1.165, 1.54) is 0 Å². The van der Waals surface area contributed by atoms with E-state index in [9.17, 15) is 4.79 Å². The third-order valence-corrected chi connectivity index (χ3v) is 3.98. The Morgan fingerprint density at radius 3 is 2.48 bits per heavy atom. The van der Waals surface area contributed by atoms with Crippen molar-refractivity contribution in [3.63, 3.8) is 0 Å². The summed E-state index contributed by atoms with van der Waals surface area (Å²) in [6.45, 7) is 2.61. The molecule has 2 aromatic rings. The third kappa shape index (κ3) is 5.85. The lowest BCUT2D eigenvalue weighted by Crippen LogP contribution is -2.34. The summed E-state index contributed by atoms with van der Waals surface area (Å²) in [7, 11) is 0. The zero-order valence-corrected chi connectivity index (χ0v) is 14.7. The second-order valence-electron chi connectivity index (χ2n) is 6.05. The molecule has 0 spiro atoms. The number of ether oxygens (including phenoxy) is 1. The fourth-order valence-corrected chi connectivity index (χ4v) is 2.57. The molecule has 4 heteroatoms. The fourth-order valence-electron chi connectivity index (χ4n) is 2.57. The number of benzene rings is 2. The van der Waals surface area contributed by atoms with Gasteiger partial charge in [-0.05, 0) is 43.5 Å². The molecule has 0 aliphatic carbocycles. The van der Waals surface area contributed by atoms with Crippen LogP contribution in [0.1, 0.15) is 37.3 Å². The van der Waals surface area contributed by atoms with E-state index in [0.717, 1.165) is 29.5 Å². The molecule has 0 aliphatic heterocycles. The second kappa shape index (κ2) is 9.77. The van der Waals surface area contributed by atoms with Gasteiger partial charge in [0.2, 0.25) is 0 Å². The molecule has 0 amide bonds. The van der Waals surface area contributed by atoms with E-state index >= 15 is 0 Å². The van der Waals surface area contributed by atoms with E-state index in [4.69, 9.17) is 16.2 Å². The highest BCUT2D eigenvalue weighted by Crippen LogP contribution is 2.27. The number of rotatable bonds is 8. The van der Waals surface area contributed by atoms with Gasteiger partial charge in [0, 0.05) is 5.56 Å². The largest absolute Gasteiger partial charge is 0.425 e. The van der Waals surface area contributed by atoms with E-state index in [1.807, 2.05) is 55.5 Å². The average Bonchev–Trinajstić information content (AvgIpc) is 2.63. The molecule has 2 aromatic carbocycles. The smallest absolute Gasteiger partial charge is 0.328 e. The van der Waals surface area contributed by atoms with Crippen molar-refractivity contribution >= 4 is 17.6 Å². The topological polar surface area (TPSA) is 78.3 Å². The van der Waals surface area contributed by atoms with Crippen LogP contribution >= 0.6 is 0 Å². The van der Waals surface area contributed by atoms with Crippen molar-refractivity contribution < 1.29 is 9.53 Å². The van der Waals surface area contributed by atoms with Crippen LogP contribution in [0.4, 0.5) is 0 Å². The van der Waals surface area contributed by atoms with E-state index in [-0.39, 0.29) is 0 Å². The van der Waals surface area contributed by atoms with Crippen LogP contribution in [-0.4, -0.2) is 18.6 Å². The second-order valence-corrected chi connectivity index (χ2v) is 6.05. The fraction of sp³-hybridized carbons (Fsp3) is 0.286. The molecular weight excluding hydrogens is 312 g/mol. The summed E-state index contributed by atoms with van der Waals surface area (Å²) >= 11 is 0. The number of carbonyl (C=O) groups excluding carboxylic acids is 1. The minimum atomic E-state index is -0.627. The molecule has 2 rings (SSSR count). The molecule has 0 saturated heterocycles.